The van der Waals surface area contributed by atoms with Crippen molar-refractivity contribution in [3.05, 3.63) is 76.7 Å². The van der Waals surface area contributed by atoms with Crippen molar-refractivity contribution in [3.63, 3.8) is 0 Å². The topological polar surface area (TPSA) is 57.7 Å². The van der Waals surface area contributed by atoms with Crippen molar-refractivity contribution < 1.29 is 19.0 Å². The Hall–Kier alpha value is -3.12. The minimum Gasteiger partial charge on any atom is -0.497 e. The summed E-state index contributed by atoms with van der Waals surface area (Å²) < 4.78 is 16.2. The Morgan fingerprint density at radius 1 is 1.11 bits per heavy atom. The van der Waals surface area contributed by atoms with Gasteiger partial charge >= 0.3 is 5.97 Å². The molecular formula is C22H19NO4S. The first-order chi connectivity index (χ1) is 13.7. The number of benzene rings is 2. The number of methoxy groups -OCH3 is 2. The van der Waals surface area contributed by atoms with Gasteiger partial charge in [0, 0.05) is 11.1 Å². The van der Waals surface area contributed by atoms with Gasteiger partial charge in [-0.05, 0) is 23.8 Å². The number of esters is 1. The fourth-order valence-electron chi connectivity index (χ4n) is 3.22. The molecule has 0 fully saturated rings. The van der Waals surface area contributed by atoms with Crippen LogP contribution in [0.5, 0.6) is 11.6 Å². The summed E-state index contributed by atoms with van der Waals surface area (Å²) in [5.74, 6) is 0.629. The van der Waals surface area contributed by atoms with E-state index < -0.39 is 0 Å². The smallest absolute Gasteiger partial charge is 0.334 e. The number of thiazole rings is 1. The summed E-state index contributed by atoms with van der Waals surface area (Å²) in [6.45, 7) is 0.266. The third-order valence-electron chi connectivity index (χ3n) is 4.61. The van der Waals surface area contributed by atoms with Gasteiger partial charge < -0.3 is 14.2 Å². The van der Waals surface area contributed by atoms with Crippen LogP contribution in [0.3, 0.4) is 0 Å². The van der Waals surface area contributed by atoms with Crippen LogP contribution in [0.4, 0.5) is 0 Å². The van der Waals surface area contributed by atoms with Crippen LogP contribution in [-0.2, 0) is 9.53 Å². The lowest BCUT2D eigenvalue weighted by Gasteiger charge is -2.17. The fraction of sp³-hybridized carbons (Fsp3) is 0.182. The van der Waals surface area contributed by atoms with E-state index in [2.05, 4.69) is 0 Å². The van der Waals surface area contributed by atoms with Crippen LogP contribution in [0.2, 0.25) is 0 Å². The summed E-state index contributed by atoms with van der Waals surface area (Å²) >= 11 is 1.53. The highest BCUT2D eigenvalue weighted by atomic mass is 32.1. The molecule has 28 heavy (non-hydrogen) atoms. The summed E-state index contributed by atoms with van der Waals surface area (Å²) in [6.07, 6.45) is 1.78. The van der Waals surface area contributed by atoms with E-state index in [1.54, 1.807) is 13.2 Å². The molecular weight excluding hydrogens is 374 g/mol. The van der Waals surface area contributed by atoms with Gasteiger partial charge in [-0.1, -0.05) is 42.5 Å². The predicted molar refractivity (Wildman–Crippen MR) is 108 cm³/mol. The zero-order chi connectivity index (χ0) is 19.5. The van der Waals surface area contributed by atoms with Crippen molar-refractivity contribution in [1.82, 2.24) is 4.98 Å². The Balaban J connectivity index is 1.85. The highest BCUT2D eigenvalue weighted by Crippen LogP contribution is 2.45. The van der Waals surface area contributed by atoms with E-state index in [0.717, 1.165) is 26.8 Å². The molecule has 1 unspecified atom stereocenters. The minimum atomic E-state index is -0.369. The molecule has 2 aromatic carbocycles. The Labute approximate surface area is 167 Å². The van der Waals surface area contributed by atoms with Gasteiger partial charge in [0.15, 0.2) is 0 Å². The van der Waals surface area contributed by atoms with E-state index in [4.69, 9.17) is 19.2 Å². The Morgan fingerprint density at radius 3 is 2.54 bits per heavy atom. The fourth-order valence-corrected chi connectivity index (χ4v) is 4.39. The van der Waals surface area contributed by atoms with Crippen LogP contribution in [0.15, 0.2) is 66.2 Å². The maximum absolute atomic E-state index is 12.5. The average Bonchev–Trinajstić information content (AvgIpc) is 3.09. The van der Waals surface area contributed by atoms with Crippen LogP contribution < -0.4 is 9.47 Å². The average molecular weight is 393 g/mol. The summed E-state index contributed by atoms with van der Waals surface area (Å²) in [5.41, 5.74) is 2.52. The molecule has 1 aliphatic rings. The SMILES string of the molecule is COC(=O)C1=CCOc2nc(-c3ccccc3)sc2C1c1ccc(OC)cc1. The molecule has 0 aliphatic carbocycles. The van der Waals surface area contributed by atoms with Gasteiger partial charge in [-0.2, -0.15) is 0 Å². The number of nitrogens with zero attached hydrogens (tertiary/aromatic N) is 1. The summed E-state index contributed by atoms with van der Waals surface area (Å²) in [4.78, 5) is 18.1. The van der Waals surface area contributed by atoms with Crippen molar-refractivity contribution in [2.24, 2.45) is 0 Å². The molecule has 0 bridgehead atoms. The Kier molecular flexibility index (Phi) is 5.12. The quantitative estimate of drug-likeness (QED) is 0.613. The normalized spacial score (nSPS) is 15.6. The molecule has 0 saturated heterocycles. The third-order valence-corrected chi connectivity index (χ3v) is 5.76. The number of ether oxygens (including phenoxy) is 3. The van der Waals surface area contributed by atoms with E-state index in [-0.39, 0.29) is 18.5 Å². The van der Waals surface area contributed by atoms with Gasteiger partial charge in [0.05, 0.1) is 25.0 Å². The summed E-state index contributed by atoms with van der Waals surface area (Å²) in [7, 11) is 3.02. The second-order valence-corrected chi connectivity index (χ2v) is 7.25. The van der Waals surface area contributed by atoms with Crippen molar-refractivity contribution in [3.8, 4) is 22.2 Å². The zero-order valence-electron chi connectivity index (χ0n) is 15.5. The molecule has 142 valence electrons. The van der Waals surface area contributed by atoms with Crippen LogP contribution in [0, 0.1) is 0 Å². The van der Waals surface area contributed by atoms with Gasteiger partial charge in [0.1, 0.15) is 17.4 Å². The Bertz CT molecular complexity index is 1010. The van der Waals surface area contributed by atoms with E-state index >= 15 is 0 Å². The Morgan fingerprint density at radius 2 is 1.86 bits per heavy atom. The molecule has 0 amide bonds. The first-order valence-electron chi connectivity index (χ1n) is 8.82. The van der Waals surface area contributed by atoms with Crippen molar-refractivity contribution in [2.75, 3.05) is 20.8 Å². The molecule has 0 saturated carbocycles. The summed E-state index contributed by atoms with van der Waals surface area (Å²) in [6, 6.07) is 17.6. The first kappa shape index (κ1) is 18.3. The van der Waals surface area contributed by atoms with Crippen molar-refractivity contribution in [2.45, 2.75) is 5.92 Å². The molecule has 1 aliphatic heterocycles. The second kappa shape index (κ2) is 7.86. The maximum Gasteiger partial charge on any atom is 0.334 e. The van der Waals surface area contributed by atoms with E-state index in [0.29, 0.717) is 11.5 Å². The standard InChI is InChI=1S/C22H19NO4S/c1-25-16-10-8-14(9-11-16)18-17(22(24)26-2)12-13-27-20-19(18)28-21(23-20)15-6-4-3-5-7-15/h3-12,18H,13H2,1-2H3. The van der Waals surface area contributed by atoms with Gasteiger partial charge in [-0.3, -0.25) is 0 Å². The molecule has 3 aromatic rings. The molecule has 0 spiro atoms. The molecule has 1 atom stereocenters. The second-order valence-electron chi connectivity index (χ2n) is 6.22. The van der Waals surface area contributed by atoms with E-state index in [1.807, 2.05) is 54.6 Å². The van der Waals surface area contributed by atoms with Crippen LogP contribution in [-0.4, -0.2) is 31.8 Å². The lowest BCUT2D eigenvalue weighted by Crippen LogP contribution is -2.13. The maximum atomic E-state index is 12.5. The number of hydrogen-bond acceptors (Lipinski definition) is 6. The third kappa shape index (κ3) is 3.39. The van der Waals surface area contributed by atoms with E-state index in [9.17, 15) is 4.79 Å². The van der Waals surface area contributed by atoms with Gasteiger partial charge in [0.2, 0.25) is 5.88 Å². The molecule has 0 N–H and O–H groups in total. The van der Waals surface area contributed by atoms with Crippen LogP contribution >= 0.6 is 11.3 Å². The van der Waals surface area contributed by atoms with Gasteiger partial charge in [-0.25, -0.2) is 9.78 Å². The number of rotatable bonds is 4. The molecule has 0 radical (unpaired) electrons. The molecule has 6 heteroatoms. The zero-order valence-corrected chi connectivity index (χ0v) is 16.4. The molecule has 2 heterocycles. The first-order valence-corrected chi connectivity index (χ1v) is 9.64. The largest absolute Gasteiger partial charge is 0.497 e. The van der Waals surface area contributed by atoms with Gasteiger partial charge in [-0.15, -0.1) is 11.3 Å². The minimum absolute atomic E-state index is 0.266. The number of carbonyl (C=O) groups excluding carboxylic acids is 1. The molecule has 1 aromatic heterocycles. The van der Waals surface area contributed by atoms with E-state index in [1.165, 1.54) is 18.4 Å². The van der Waals surface area contributed by atoms with Crippen LogP contribution in [0.1, 0.15) is 16.4 Å². The lowest BCUT2D eigenvalue weighted by molar-refractivity contribution is -0.136. The number of fused-ring (bicyclic) bond motifs is 1. The summed E-state index contributed by atoms with van der Waals surface area (Å²) in [5, 5.41) is 0.857. The lowest BCUT2D eigenvalue weighted by atomic mass is 9.89. The molecule has 5 nitrogen and oxygen atoms in total. The van der Waals surface area contributed by atoms with Crippen molar-refractivity contribution >= 4 is 17.3 Å². The number of hydrogen-bond donors (Lipinski definition) is 0. The highest BCUT2D eigenvalue weighted by molar-refractivity contribution is 7.15. The predicted octanol–water partition coefficient (Wildman–Crippen LogP) is 4.44. The molecule has 4 rings (SSSR count). The highest BCUT2D eigenvalue weighted by Gasteiger charge is 2.33. The number of aromatic nitrogens is 1. The number of carbonyl (C=O) groups is 1. The van der Waals surface area contributed by atoms with Gasteiger partial charge in [0.25, 0.3) is 0 Å². The van der Waals surface area contributed by atoms with Crippen LogP contribution in [0.25, 0.3) is 10.6 Å². The monoisotopic (exact) mass is 393 g/mol. The van der Waals surface area contributed by atoms with Crippen molar-refractivity contribution in [1.29, 1.82) is 0 Å².